The number of H-pyrrole nitrogens is 1. The number of hydrogen-bond acceptors (Lipinski definition) is 7. The van der Waals surface area contributed by atoms with E-state index in [0.717, 1.165) is 54.5 Å². The molecule has 0 amide bonds. The van der Waals surface area contributed by atoms with Crippen molar-refractivity contribution in [1.82, 2.24) is 39.6 Å². The van der Waals surface area contributed by atoms with Crippen molar-refractivity contribution >= 4 is 33.9 Å². The highest BCUT2D eigenvalue weighted by Crippen LogP contribution is 2.33. The molecule has 0 saturated heterocycles. The second-order valence-electron chi connectivity index (χ2n) is 9.60. The molecule has 0 bridgehead atoms. The van der Waals surface area contributed by atoms with Crippen molar-refractivity contribution in [3.8, 4) is 22.6 Å². The molecule has 190 valence electrons. The number of nitrogens with zero attached hydrogens (tertiary/aromatic N) is 8. The van der Waals surface area contributed by atoms with Crippen LogP contribution in [0.25, 0.3) is 39.3 Å². The van der Waals surface area contributed by atoms with Crippen molar-refractivity contribution < 1.29 is 4.39 Å². The number of benzene rings is 1. The van der Waals surface area contributed by atoms with Crippen LogP contribution in [-0.4, -0.2) is 66.3 Å². The molecule has 0 fully saturated rings. The van der Waals surface area contributed by atoms with Crippen LogP contribution in [0.4, 0.5) is 10.1 Å². The summed E-state index contributed by atoms with van der Waals surface area (Å²) in [6.07, 6.45) is 5.59. The Labute approximate surface area is 222 Å². The summed E-state index contributed by atoms with van der Waals surface area (Å²) in [5.41, 5.74) is 5.66. The molecule has 0 radical (unpaired) electrons. The molecular weight excluding hydrogens is 505 g/mol. The lowest BCUT2D eigenvalue weighted by Gasteiger charge is -2.28. The first-order chi connectivity index (χ1) is 18.5. The van der Waals surface area contributed by atoms with E-state index in [-0.39, 0.29) is 5.82 Å². The number of pyridine rings is 2. The fourth-order valence-electron chi connectivity index (χ4n) is 5.02. The number of aromatic amines is 1. The number of halogens is 2. The first-order valence-electron chi connectivity index (χ1n) is 12.3. The molecule has 4 aromatic heterocycles. The standard InChI is InChI=1S/C27H23ClFN9/c1-36-7-6-16(13-36)27-34-24-14-37(8-9-38(24)35-27)18-11-23-21(30-12-18)4-5-22(33-23)26-25(31-15-32-26)19-10-17(28)2-3-20(19)29/h2-6,10-12,15H,7-9,13-14H2,1H3,(H,31,32). The summed E-state index contributed by atoms with van der Waals surface area (Å²) in [5.74, 6) is 1.37. The van der Waals surface area contributed by atoms with Gasteiger partial charge in [0.15, 0.2) is 5.82 Å². The molecule has 0 spiro atoms. The van der Waals surface area contributed by atoms with Crippen molar-refractivity contribution in [2.75, 3.05) is 31.6 Å². The maximum absolute atomic E-state index is 14.6. The van der Waals surface area contributed by atoms with E-state index < -0.39 is 0 Å². The third-order valence-corrected chi connectivity index (χ3v) is 7.24. The molecule has 9 nitrogen and oxygen atoms in total. The molecule has 11 heteroatoms. The molecule has 0 unspecified atom stereocenters. The minimum atomic E-state index is -0.387. The quantitative estimate of drug-likeness (QED) is 0.370. The number of nitrogens with one attached hydrogen (secondary N) is 1. The summed E-state index contributed by atoms with van der Waals surface area (Å²) >= 11 is 6.13. The number of likely N-dealkylation sites (N-methyl/N-ethyl adjacent to an activating group) is 1. The van der Waals surface area contributed by atoms with Crippen LogP contribution < -0.4 is 4.90 Å². The van der Waals surface area contributed by atoms with Crippen molar-refractivity contribution in [2.45, 2.75) is 13.1 Å². The van der Waals surface area contributed by atoms with Gasteiger partial charge in [0.1, 0.15) is 17.3 Å². The second-order valence-corrected chi connectivity index (χ2v) is 10.0. The van der Waals surface area contributed by atoms with E-state index in [1.165, 1.54) is 24.0 Å². The normalized spacial score (nSPS) is 15.8. The molecule has 2 aliphatic heterocycles. The van der Waals surface area contributed by atoms with Crippen LogP contribution in [0.1, 0.15) is 11.6 Å². The minimum absolute atomic E-state index is 0.343. The zero-order valence-corrected chi connectivity index (χ0v) is 21.3. The Kier molecular flexibility index (Phi) is 5.45. The Bertz CT molecular complexity index is 1720. The van der Waals surface area contributed by atoms with Gasteiger partial charge in [-0.15, -0.1) is 0 Å². The number of aromatic nitrogens is 7. The van der Waals surface area contributed by atoms with Gasteiger partial charge in [0, 0.05) is 35.8 Å². The van der Waals surface area contributed by atoms with E-state index in [1.54, 1.807) is 6.07 Å². The van der Waals surface area contributed by atoms with E-state index in [0.29, 0.717) is 34.2 Å². The van der Waals surface area contributed by atoms with Crippen molar-refractivity contribution in [3.63, 3.8) is 0 Å². The number of rotatable bonds is 4. The average Bonchev–Trinajstić information content (AvgIpc) is 3.68. The van der Waals surface area contributed by atoms with Gasteiger partial charge < -0.3 is 9.88 Å². The number of imidazole rings is 1. The highest BCUT2D eigenvalue weighted by molar-refractivity contribution is 6.30. The molecular formula is C27H23ClFN9. The Balaban J connectivity index is 1.19. The molecule has 5 aromatic rings. The molecule has 1 N–H and O–H groups in total. The Morgan fingerprint density at radius 3 is 2.79 bits per heavy atom. The number of hydrogen-bond donors (Lipinski definition) is 1. The van der Waals surface area contributed by atoms with Crippen LogP contribution in [-0.2, 0) is 13.1 Å². The monoisotopic (exact) mass is 527 g/mol. The lowest BCUT2D eigenvalue weighted by molar-refractivity contribution is 0.438. The zero-order chi connectivity index (χ0) is 25.8. The summed E-state index contributed by atoms with van der Waals surface area (Å²) in [6.45, 7) is 3.98. The van der Waals surface area contributed by atoms with Crippen LogP contribution in [0.3, 0.4) is 0 Å². The Morgan fingerprint density at radius 2 is 1.92 bits per heavy atom. The van der Waals surface area contributed by atoms with Crippen LogP contribution in [0.2, 0.25) is 5.02 Å². The van der Waals surface area contributed by atoms with Crippen molar-refractivity contribution in [1.29, 1.82) is 0 Å². The van der Waals surface area contributed by atoms with Gasteiger partial charge in [-0.05, 0) is 43.4 Å². The smallest absolute Gasteiger partial charge is 0.178 e. The zero-order valence-electron chi connectivity index (χ0n) is 20.6. The highest BCUT2D eigenvalue weighted by atomic mass is 35.5. The van der Waals surface area contributed by atoms with E-state index in [9.17, 15) is 4.39 Å². The lowest BCUT2D eigenvalue weighted by atomic mass is 10.1. The molecule has 38 heavy (non-hydrogen) atoms. The first-order valence-corrected chi connectivity index (χ1v) is 12.7. The molecule has 1 aromatic carbocycles. The van der Waals surface area contributed by atoms with Crippen LogP contribution in [0.15, 0.2) is 55.0 Å². The maximum Gasteiger partial charge on any atom is 0.178 e. The van der Waals surface area contributed by atoms with Crippen molar-refractivity contribution in [3.05, 3.63) is 77.5 Å². The van der Waals surface area contributed by atoms with Crippen LogP contribution in [0, 0.1) is 5.82 Å². The van der Waals surface area contributed by atoms with Gasteiger partial charge in [-0.1, -0.05) is 17.7 Å². The summed E-state index contributed by atoms with van der Waals surface area (Å²) in [6, 6.07) is 10.2. The van der Waals surface area contributed by atoms with Gasteiger partial charge in [-0.25, -0.2) is 24.0 Å². The van der Waals surface area contributed by atoms with E-state index in [2.05, 4.69) is 37.9 Å². The van der Waals surface area contributed by atoms with Gasteiger partial charge >= 0.3 is 0 Å². The van der Waals surface area contributed by atoms with Gasteiger partial charge in [-0.3, -0.25) is 9.88 Å². The van der Waals surface area contributed by atoms with Gasteiger partial charge in [0.2, 0.25) is 0 Å². The molecule has 0 aliphatic carbocycles. The summed E-state index contributed by atoms with van der Waals surface area (Å²) in [5, 5.41) is 5.18. The first kappa shape index (κ1) is 23.0. The second kappa shape index (κ2) is 9.00. The predicted molar refractivity (Wildman–Crippen MR) is 144 cm³/mol. The summed E-state index contributed by atoms with van der Waals surface area (Å²) in [7, 11) is 2.09. The molecule has 0 atom stereocenters. The average molecular weight is 528 g/mol. The van der Waals surface area contributed by atoms with E-state index >= 15 is 0 Å². The largest absolute Gasteiger partial charge is 0.361 e. The van der Waals surface area contributed by atoms with E-state index in [1.807, 2.05) is 29.1 Å². The number of fused-ring (bicyclic) bond motifs is 2. The van der Waals surface area contributed by atoms with Gasteiger partial charge in [-0.2, -0.15) is 5.10 Å². The van der Waals surface area contributed by atoms with E-state index in [4.69, 9.17) is 26.7 Å². The number of anilines is 1. The third-order valence-electron chi connectivity index (χ3n) is 7.01. The molecule has 0 saturated carbocycles. The van der Waals surface area contributed by atoms with Gasteiger partial charge in [0.05, 0.1) is 53.7 Å². The fourth-order valence-corrected chi connectivity index (χ4v) is 5.20. The fraction of sp³-hybridized carbons (Fsp3) is 0.222. The van der Waals surface area contributed by atoms with Crippen molar-refractivity contribution in [2.24, 2.45) is 0 Å². The molecule has 7 rings (SSSR count). The molecule has 6 heterocycles. The van der Waals surface area contributed by atoms with Crippen LogP contribution >= 0.6 is 11.6 Å². The molecule has 2 aliphatic rings. The topological polar surface area (TPSA) is 91.7 Å². The van der Waals surface area contributed by atoms with Crippen LogP contribution in [0.5, 0.6) is 0 Å². The minimum Gasteiger partial charge on any atom is -0.361 e. The lowest BCUT2D eigenvalue weighted by Crippen LogP contribution is -2.34. The highest BCUT2D eigenvalue weighted by Gasteiger charge is 2.24. The summed E-state index contributed by atoms with van der Waals surface area (Å²) < 4.78 is 16.6. The Morgan fingerprint density at radius 1 is 1.00 bits per heavy atom. The predicted octanol–water partition coefficient (Wildman–Crippen LogP) is 4.42. The summed E-state index contributed by atoms with van der Waals surface area (Å²) in [4.78, 5) is 26.3. The SMILES string of the molecule is CN1CC=C(c2nc3n(n2)CCN(c2cnc4ccc(-c5nc[nH]c5-c5cc(Cl)ccc5F)nc4c2)C3)C1. The van der Waals surface area contributed by atoms with Gasteiger partial charge in [0.25, 0.3) is 0 Å². The maximum atomic E-state index is 14.6. The Hall–Kier alpha value is -4.15. The third kappa shape index (κ3) is 4.02.